The highest BCUT2D eigenvalue weighted by molar-refractivity contribution is 8.26. The lowest BCUT2D eigenvalue weighted by Crippen LogP contribution is -2.51. The van der Waals surface area contributed by atoms with Crippen molar-refractivity contribution < 1.29 is 14.0 Å². The lowest BCUT2D eigenvalue weighted by Gasteiger charge is -2.38. The van der Waals surface area contributed by atoms with Crippen LogP contribution in [0.25, 0.3) is 6.08 Å². The summed E-state index contributed by atoms with van der Waals surface area (Å²) in [5, 5.41) is 0. The summed E-state index contributed by atoms with van der Waals surface area (Å²) in [6.45, 7) is 2.41. The van der Waals surface area contributed by atoms with Crippen LogP contribution < -0.4 is 0 Å². The van der Waals surface area contributed by atoms with Gasteiger partial charge < -0.3 is 9.32 Å². The number of aromatic nitrogens is 1. The Labute approximate surface area is 179 Å². The van der Waals surface area contributed by atoms with Crippen LogP contribution in [0, 0.1) is 0 Å². The van der Waals surface area contributed by atoms with Crippen molar-refractivity contribution >= 4 is 46.2 Å². The van der Waals surface area contributed by atoms with Crippen molar-refractivity contribution in [1.29, 1.82) is 0 Å². The van der Waals surface area contributed by atoms with E-state index in [0.717, 1.165) is 24.8 Å². The van der Waals surface area contributed by atoms with Gasteiger partial charge in [0.05, 0.1) is 17.2 Å². The molecule has 0 saturated carbocycles. The monoisotopic (exact) mass is 427 g/mol. The maximum Gasteiger partial charge on any atom is 0.267 e. The van der Waals surface area contributed by atoms with Gasteiger partial charge in [-0.05, 0) is 49.9 Å². The number of carbonyl (C=O) groups is 2. The molecule has 2 aromatic rings. The molecule has 150 valence electrons. The molecule has 2 aliphatic rings. The summed E-state index contributed by atoms with van der Waals surface area (Å²) in [6.07, 6.45) is 9.65. The van der Waals surface area contributed by atoms with E-state index in [0.29, 0.717) is 21.5 Å². The van der Waals surface area contributed by atoms with Crippen LogP contribution in [0.2, 0.25) is 0 Å². The number of likely N-dealkylation sites (tertiary alicyclic amines) is 1. The predicted molar refractivity (Wildman–Crippen MR) is 116 cm³/mol. The second kappa shape index (κ2) is 8.51. The van der Waals surface area contributed by atoms with Crippen LogP contribution in [0.15, 0.2) is 52.2 Å². The number of pyridine rings is 1. The molecule has 8 heteroatoms. The van der Waals surface area contributed by atoms with Crippen molar-refractivity contribution in [2.45, 2.75) is 38.3 Å². The zero-order valence-electron chi connectivity index (χ0n) is 16.0. The minimum absolute atomic E-state index is 0.0236. The van der Waals surface area contributed by atoms with Gasteiger partial charge in [0.25, 0.3) is 5.91 Å². The van der Waals surface area contributed by atoms with E-state index in [9.17, 15) is 9.59 Å². The van der Waals surface area contributed by atoms with Crippen molar-refractivity contribution in [3.05, 3.63) is 59.2 Å². The third kappa shape index (κ3) is 4.00. The second-order valence-electron chi connectivity index (χ2n) is 7.07. The van der Waals surface area contributed by atoms with E-state index in [-0.39, 0.29) is 17.9 Å². The van der Waals surface area contributed by atoms with Gasteiger partial charge in [-0.25, -0.2) is 0 Å². The Kier molecular flexibility index (Phi) is 5.82. The van der Waals surface area contributed by atoms with E-state index in [1.165, 1.54) is 16.7 Å². The number of thioether (sulfide) groups is 1. The van der Waals surface area contributed by atoms with E-state index in [1.54, 1.807) is 37.6 Å². The summed E-state index contributed by atoms with van der Waals surface area (Å²) in [6, 6.07) is 6.73. The molecule has 6 nitrogen and oxygen atoms in total. The molecule has 4 rings (SSSR count). The van der Waals surface area contributed by atoms with Crippen molar-refractivity contribution in [3.8, 4) is 0 Å². The Balaban J connectivity index is 1.55. The van der Waals surface area contributed by atoms with Crippen LogP contribution in [-0.4, -0.2) is 43.5 Å². The summed E-state index contributed by atoms with van der Waals surface area (Å²) in [7, 11) is 0. The fraction of sp³-hybridized carbons (Fsp3) is 0.333. The van der Waals surface area contributed by atoms with Gasteiger partial charge in [-0.15, -0.1) is 0 Å². The molecule has 2 saturated heterocycles. The zero-order valence-corrected chi connectivity index (χ0v) is 17.6. The molecule has 0 aliphatic carbocycles. The van der Waals surface area contributed by atoms with Crippen molar-refractivity contribution in [2.24, 2.45) is 0 Å². The van der Waals surface area contributed by atoms with Gasteiger partial charge in [-0.1, -0.05) is 30.0 Å². The number of carbonyl (C=O) groups excluding carboxylic acids is 2. The Hall–Kier alpha value is -2.45. The molecule has 0 bridgehead atoms. The highest BCUT2D eigenvalue weighted by Crippen LogP contribution is 2.36. The second-order valence-corrected chi connectivity index (χ2v) is 8.75. The van der Waals surface area contributed by atoms with Crippen LogP contribution in [0.1, 0.15) is 43.6 Å². The van der Waals surface area contributed by atoms with Gasteiger partial charge in [0, 0.05) is 25.0 Å². The molecule has 0 spiro atoms. The molecule has 0 N–H and O–H groups in total. The number of piperidine rings is 1. The van der Waals surface area contributed by atoms with Crippen molar-refractivity contribution in [1.82, 2.24) is 14.8 Å². The minimum atomic E-state index is -0.665. The molecule has 2 atom stereocenters. The molecule has 0 radical (unpaired) electrons. The largest absolute Gasteiger partial charge is 0.465 e. The molecule has 2 aliphatic heterocycles. The van der Waals surface area contributed by atoms with Crippen LogP contribution in [-0.2, 0) is 9.59 Å². The van der Waals surface area contributed by atoms with Gasteiger partial charge in [0.15, 0.2) is 0 Å². The summed E-state index contributed by atoms with van der Waals surface area (Å²) >= 11 is 6.62. The first-order chi connectivity index (χ1) is 14.1. The maximum absolute atomic E-state index is 13.4. The standard InChI is InChI=1S/C21H21N3O3S2/c1-14(24-20(26)18(29-21(24)28)12-16-7-5-11-27-16)19(25)23-10-3-2-8-17(23)15-6-4-9-22-13-15/h4-7,9,11-14,17H,2-3,8,10H2,1H3/b18-12+/t14-,17+/m0/s1. The number of rotatable bonds is 4. The third-order valence-corrected chi connectivity index (χ3v) is 6.57. The number of nitrogens with zero attached hydrogens (tertiary/aromatic N) is 3. The summed E-state index contributed by atoms with van der Waals surface area (Å²) < 4.78 is 5.69. The molecule has 2 fully saturated rings. The van der Waals surface area contributed by atoms with Gasteiger partial charge >= 0.3 is 0 Å². The van der Waals surface area contributed by atoms with E-state index >= 15 is 0 Å². The molecule has 2 amide bonds. The van der Waals surface area contributed by atoms with Gasteiger partial charge in [0.2, 0.25) is 5.91 Å². The van der Waals surface area contributed by atoms with Gasteiger partial charge in [-0.2, -0.15) is 0 Å². The number of thiocarbonyl (C=S) groups is 1. The number of amides is 2. The lowest BCUT2D eigenvalue weighted by atomic mass is 9.95. The predicted octanol–water partition coefficient (Wildman–Crippen LogP) is 4.02. The highest BCUT2D eigenvalue weighted by Gasteiger charge is 2.41. The number of hydrogen-bond donors (Lipinski definition) is 0. The molecule has 4 heterocycles. The smallest absolute Gasteiger partial charge is 0.267 e. The summed E-state index contributed by atoms with van der Waals surface area (Å²) in [5.74, 6) is 0.235. The van der Waals surface area contributed by atoms with E-state index in [4.69, 9.17) is 16.6 Å². The fourth-order valence-electron chi connectivity index (χ4n) is 3.78. The first-order valence-corrected chi connectivity index (χ1v) is 10.8. The molecule has 2 aromatic heterocycles. The van der Waals surface area contributed by atoms with Crippen LogP contribution in [0.5, 0.6) is 0 Å². The van der Waals surface area contributed by atoms with E-state index < -0.39 is 6.04 Å². The first-order valence-electron chi connectivity index (χ1n) is 9.57. The van der Waals surface area contributed by atoms with Crippen molar-refractivity contribution in [3.63, 3.8) is 0 Å². The average Bonchev–Trinajstić information content (AvgIpc) is 3.35. The Bertz CT molecular complexity index is 943. The topological polar surface area (TPSA) is 66.7 Å². The number of furan rings is 1. The summed E-state index contributed by atoms with van der Waals surface area (Å²) in [5.41, 5.74) is 1.02. The number of hydrogen-bond acceptors (Lipinski definition) is 6. The Morgan fingerprint density at radius 1 is 1.38 bits per heavy atom. The van der Waals surface area contributed by atoms with Crippen molar-refractivity contribution in [2.75, 3.05) is 6.54 Å². The van der Waals surface area contributed by atoms with Crippen LogP contribution in [0.3, 0.4) is 0 Å². The molecular formula is C21H21N3O3S2. The lowest BCUT2D eigenvalue weighted by molar-refractivity contribution is -0.142. The van der Waals surface area contributed by atoms with Crippen LogP contribution >= 0.6 is 24.0 Å². The average molecular weight is 428 g/mol. The van der Waals surface area contributed by atoms with E-state index in [1.807, 2.05) is 23.2 Å². The molecular weight excluding hydrogens is 406 g/mol. The SMILES string of the molecule is C[C@@H](C(=O)N1CCCC[C@@H]1c1cccnc1)N1C(=O)/C(=C\c2ccco2)SC1=S. The van der Waals surface area contributed by atoms with Gasteiger partial charge in [0.1, 0.15) is 16.1 Å². The molecule has 29 heavy (non-hydrogen) atoms. The third-order valence-electron chi connectivity index (χ3n) is 5.24. The fourth-order valence-corrected chi connectivity index (χ4v) is 5.18. The van der Waals surface area contributed by atoms with E-state index in [2.05, 4.69) is 4.98 Å². The Morgan fingerprint density at radius 2 is 2.24 bits per heavy atom. The minimum Gasteiger partial charge on any atom is -0.465 e. The molecule has 0 unspecified atom stereocenters. The maximum atomic E-state index is 13.4. The first kappa shape index (κ1) is 19.8. The normalized spacial score (nSPS) is 22.4. The van der Waals surface area contributed by atoms with Crippen LogP contribution in [0.4, 0.5) is 0 Å². The molecule has 0 aromatic carbocycles. The van der Waals surface area contributed by atoms with Gasteiger partial charge in [-0.3, -0.25) is 19.5 Å². The Morgan fingerprint density at radius 3 is 2.97 bits per heavy atom. The highest BCUT2D eigenvalue weighted by atomic mass is 32.2. The quantitative estimate of drug-likeness (QED) is 0.542. The zero-order chi connectivity index (χ0) is 20.4. The summed E-state index contributed by atoms with van der Waals surface area (Å²) in [4.78, 5) is 34.3.